The minimum absolute atomic E-state index is 0.221. The van der Waals surface area contributed by atoms with Gasteiger partial charge < -0.3 is 10.4 Å². The summed E-state index contributed by atoms with van der Waals surface area (Å²) in [5.41, 5.74) is 0.195. The van der Waals surface area contributed by atoms with Crippen molar-refractivity contribution < 1.29 is 19.1 Å². The topological polar surface area (TPSA) is 66.4 Å². The number of carbonyl (C=O) groups is 2. The Bertz CT molecular complexity index is 499. The monoisotopic (exact) mass is 301 g/mol. The van der Waals surface area contributed by atoms with Crippen LogP contribution in [0.5, 0.6) is 0 Å². The second kappa shape index (κ2) is 5.58. The number of halogens is 2. The number of hydrogen-bond donors (Lipinski definition) is 2. The number of hydrogen-bond acceptors (Lipinski definition) is 2. The highest BCUT2D eigenvalue weighted by Crippen LogP contribution is 2.18. The molecule has 0 fully saturated rings. The summed E-state index contributed by atoms with van der Waals surface area (Å²) in [5, 5.41) is 11.0. The predicted octanol–water partition coefficient (Wildman–Crippen LogP) is 2.15. The van der Waals surface area contributed by atoms with Gasteiger partial charge in [-0.3, -0.25) is 4.79 Å². The summed E-state index contributed by atoms with van der Waals surface area (Å²) < 4.78 is 13.2. The molecule has 0 aliphatic heterocycles. The van der Waals surface area contributed by atoms with E-state index in [-0.39, 0.29) is 10.2 Å². The van der Waals surface area contributed by atoms with Crippen molar-refractivity contribution in [1.82, 2.24) is 5.32 Å². The highest BCUT2D eigenvalue weighted by Gasteiger charge is 2.09. The van der Waals surface area contributed by atoms with Crippen molar-refractivity contribution in [1.29, 1.82) is 0 Å². The third-order valence-electron chi connectivity index (χ3n) is 1.80. The molecule has 1 aromatic carbocycles. The van der Waals surface area contributed by atoms with Crippen LogP contribution < -0.4 is 5.32 Å². The maximum atomic E-state index is 13.0. The van der Waals surface area contributed by atoms with Crippen LogP contribution in [0.3, 0.4) is 0 Å². The number of amides is 1. The van der Waals surface area contributed by atoms with Crippen LogP contribution in [-0.4, -0.2) is 17.0 Å². The number of rotatable bonds is 3. The van der Waals surface area contributed by atoms with E-state index in [1.165, 1.54) is 31.2 Å². The van der Waals surface area contributed by atoms with Gasteiger partial charge in [-0.15, -0.1) is 0 Å². The van der Waals surface area contributed by atoms with Gasteiger partial charge in [-0.25, -0.2) is 9.18 Å². The fourth-order valence-electron chi connectivity index (χ4n) is 1.11. The SMILES string of the molecule is CC(=O)N/C(=C/c1ccc(F)c(Br)c1)C(=O)O. The van der Waals surface area contributed by atoms with Gasteiger partial charge in [0.05, 0.1) is 4.47 Å². The van der Waals surface area contributed by atoms with E-state index >= 15 is 0 Å². The molecule has 0 atom stereocenters. The number of carbonyl (C=O) groups excluding carboxylic acids is 1. The maximum Gasteiger partial charge on any atom is 0.352 e. The van der Waals surface area contributed by atoms with E-state index in [2.05, 4.69) is 21.2 Å². The van der Waals surface area contributed by atoms with Gasteiger partial charge in [-0.1, -0.05) is 6.07 Å². The smallest absolute Gasteiger partial charge is 0.352 e. The zero-order chi connectivity index (χ0) is 13.0. The van der Waals surface area contributed by atoms with Crippen molar-refractivity contribution >= 4 is 33.9 Å². The fourth-order valence-corrected chi connectivity index (χ4v) is 1.51. The molecule has 0 radical (unpaired) electrons. The first-order chi connectivity index (χ1) is 7.90. The summed E-state index contributed by atoms with van der Waals surface area (Å²) in [6.45, 7) is 1.21. The lowest BCUT2D eigenvalue weighted by Crippen LogP contribution is -2.24. The van der Waals surface area contributed by atoms with Gasteiger partial charge in [0, 0.05) is 6.92 Å². The van der Waals surface area contributed by atoms with Gasteiger partial charge in [-0.2, -0.15) is 0 Å². The minimum Gasteiger partial charge on any atom is -0.477 e. The Morgan fingerprint density at radius 1 is 1.47 bits per heavy atom. The van der Waals surface area contributed by atoms with Crippen LogP contribution in [0.4, 0.5) is 4.39 Å². The van der Waals surface area contributed by atoms with Crippen LogP contribution in [0, 0.1) is 5.82 Å². The van der Waals surface area contributed by atoms with Crippen LogP contribution in [0.1, 0.15) is 12.5 Å². The fraction of sp³-hybridized carbons (Fsp3) is 0.0909. The average Bonchev–Trinajstić information content (AvgIpc) is 2.21. The van der Waals surface area contributed by atoms with E-state index < -0.39 is 17.7 Å². The van der Waals surface area contributed by atoms with E-state index in [9.17, 15) is 14.0 Å². The van der Waals surface area contributed by atoms with Crippen molar-refractivity contribution in [3.8, 4) is 0 Å². The van der Waals surface area contributed by atoms with E-state index in [0.717, 1.165) is 0 Å². The number of benzene rings is 1. The molecule has 17 heavy (non-hydrogen) atoms. The molecule has 0 aliphatic rings. The molecule has 0 saturated carbocycles. The molecule has 2 N–H and O–H groups in total. The van der Waals surface area contributed by atoms with Crippen LogP contribution >= 0.6 is 15.9 Å². The van der Waals surface area contributed by atoms with Crippen molar-refractivity contribution in [3.63, 3.8) is 0 Å². The molecule has 0 aromatic heterocycles. The Labute approximate surface area is 105 Å². The first-order valence-electron chi connectivity index (χ1n) is 4.58. The molecule has 0 aliphatic carbocycles. The lowest BCUT2D eigenvalue weighted by atomic mass is 10.2. The van der Waals surface area contributed by atoms with Crippen LogP contribution in [0.2, 0.25) is 0 Å². The molecule has 90 valence electrons. The Kier molecular flexibility index (Phi) is 4.39. The van der Waals surface area contributed by atoms with Crippen molar-refractivity contribution in [2.24, 2.45) is 0 Å². The molecule has 6 heteroatoms. The highest BCUT2D eigenvalue weighted by molar-refractivity contribution is 9.10. The highest BCUT2D eigenvalue weighted by atomic mass is 79.9. The molecule has 0 heterocycles. The van der Waals surface area contributed by atoms with Gasteiger partial charge in [-0.05, 0) is 39.7 Å². The summed E-state index contributed by atoms with van der Waals surface area (Å²) >= 11 is 2.98. The van der Waals surface area contributed by atoms with Crippen molar-refractivity contribution in [3.05, 3.63) is 39.7 Å². The Balaban J connectivity index is 3.08. The third kappa shape index (κ3) is 3.99. The molecule has 1 amide bonds. The molecule has 0 saturated heterocycles. The van der Waals surface area contributed by atoms with Gasteiger partial charge in [0.1, 0.15) is 11.5 Å². The number of nitrogens with one attached hydrogen (secondary N) is 1. The van der Waals surface area contributed by atoms with Crippen molar-refractivity contribution in [2.75, 3.05) is 0 Å². The molecule has 4 nitrogen and oxygen atoms in total. The first-order valence-corrected chi connectivity index (χ1v) is 5.37. The van der Waals surface area contributed by atoms with E-state index in [4.69, 9.17) is 5.11 Å². The summed E-state index contributed by atoms with van der Waals surface area (Å²) in [6, 6.07) is 4.02. The Morgan fingerprint density at radius 3 is 2.59 bits per heavy atom. The molecular weight excluding hydrogens is 293 g/mol. The summed E-state index contributed by atoms with van der Waals surface area (Å²) in [5.74, 6) is -2.20. The lowest BCUT2D eigenvalue weighted by Gasteiger charge is -2.03. The zero-order valence-corrected chi connectivity index (χ0v) is 10.4. The van der Waals surface area contributed by atoms with Gasteiger partial charge in [0.25, 0.3) is 0 Å². The normalized spacial score (nSPS) is 11.1. The average molecular weight is 302 g/mol. The Morgan fingerprint density at radius 2 is 2.12 bits per heavy atom. The summed E-state index contributed by atoms with van der Waals surface area (Å²) in [7, 11) is 0. The number of aliphatic carboxylic acids is 1. The summed E-state index contributed by atoms with van der Waals surface area (Å²) in [6.07, 6.45) is 1.24. The van der Waals surface area contributed by atoms with Gasteiger partial charge >= 0.3 is 5.97 Å². The van der Waals surface area contributed by atoms with Gasteiger partial charge in [0.15, 0.2) is 0 Å². The Hall–Kier alpha value is -1.69. The van der Waals surface area contributed by atoms with Crippen molar-refractivity contribution in [2.45, 2.75) is 6.92 Å². The van der Waals surface area contributed by atoms with Crippen LogP contribution in [0.15, 0.2) is 28.4 Å². The largest absolute Gasteiger partial charge is 0.477 e. The minimum atomic E-state index is -1.26. The van der Waals surface area contributed by atoms with Crippen LogP contribution in [0.25, 0.3) is 6.08 Å². The van der Waals surface area contributed by atoms with E-state index in [1.54, 1.807) is 0 Å². The van der Waals surface area contributed by atoms with Crippen LogP contribution in [-0.2, 0) is 9.59 Å². The van der Waals surface area contributed by atoms with E-state index in [1.807, 2.05) is 0 Å². The zero-order valence-electron chi connectivity index (χ0n) is 8.83. The molecule has 1 aromatic rings. The van der Waals surface area contributed by atoms with E-state index in [0.29, 0.717) is 5.56 Å². The molecule has 0 spiro atoms. The standard InChI is InChI=1S/C11H9BrFNO3/c1-6(15)14-10(11(16)17)5-7-2-3-9(13)8(12)4-7/h2-5H,1H3,(H,14,15)(H,16,17)/b10-5+. The second-order valence-corrected chi connectivity index (χ2v) is 4.07. The third-order valence-corrected chi connectivity index (χ3v) is 2.40. The first kappa shape index (κ1) is 13.4. The number of carboxylic acid groups (broad SMARTS) is 1. The molecular formula is C11H9BrFNO3. The summed E-state index contributed by atoms with van der Waals surface area (Å²) in [4.78, 5) is 21.6. The number of carboxylic acids is 1. The maximum absolute atomic E-state index is 13.0. The quantitative estimate of drug-likeness (QED) is 0.841. The molecule has 0 bridgehead atoms. The molecule has 1 rings (SSSR count). The predicted molar refractivity (Wildman–Crippen MR) is 63.5 cm³/mol. The second-order valence-electron chi connectivity index (χ2n) is 3.22. The molecule has 0 unspecified atom stereocenters. The lowest BCUT2D eigenvalue weighted by molar-refractivity contribution is -0.134. The van der Waals surface area contributed by atoms with Gasteiger partial charge in [0.2, 0.25) is 5.91 Å².